The van der Waals surface area contributed by atoms with Crippen LogP contribution in [0.15, 0.2) is 24.3 Å². The number of hydrogen-bond donors (Lipinski definition) is 0. The van der Waals surface area contributed by atoms with Gasteiger partial charge in [-0.2, -0.15) is 0 Å². The molecule has 1 unspecified atom stereocenters. The Morgan fingerprint density at radius 1 is 1.00 bits per heavy atom. The monoisotopic (exact) mass is 326 g/mol. The van der Waals surface area contributed by atoms with E-state index < -0.39 is 35.6 Å². The summed E-state index contributed by atoms with van der Waals surface area (Å²) in [6.45, 7) is 4.55. The summed E-state index contributed by atoms with van der Waals surface area (Å²) in [5, 5.41) is 0. The van der Waals surface area contributed by atoms with E-state index in [1.54, 1.807) is 13.8 Å². The Labute approximate surface area is 133 Å². The molecule has 23 heavy (non-hydrogen) atoms. The second kappa shape index (κ2) is 8.87. The number of esters is 2. The molecule has 1 aromatic carbocycles. The van der Waals surface area contributed by atoms with Gasteiger partial charge in [-0.1, -0.05) is 0 Å². The van der Waals surface area contributed by atoms with Crippen molar-refractivity contribution in [3.05, 3.63) is 30.1 Å². The van der Waals surface area contributed by atoms with Crippen molar-refractivity contribution in [3.63, 3.8) is 0 Å². The molecule has 0 N–H and O–H groups in total. The third-order valence-corrected chi connectivity index (χ3v) is 2.86. The van der Waals surface area contributed by atoms with Crippen LogP contribution in [0.3, 0.4) is 0 Å². The van der Waals surface area contributed by atoms with Crippen molar-refractivity contribution < 1.29 is 33.0 Å². The highest BCUT2D eigenvalue weighted by Gasteiger charge is 2.40. The average Bonchev–Trinajstić information content (AvgIpc) is 2.50. The van der Waals surface area contributed by atoms with E-state index in [1.807, 2.05) is 0 Å². The van der Waals surface area contributed by atoms with E-state index in [9.17, 15) is 18.8 Å². The molecule has 0 fully saturated rings. The Balaban J connectivity index is 2.87. The summed E-state index contributed by atoms with van der Waals surface area (Å²) in [7, 11) is 0. The maximum absolute atomic E-state index is 12.8. The van der Waals surface area contributed by atoms with Gasteiger partial charge in [-0.3, -0.25) is 14.4 Å². The molecule has 0 saturated heterocycles. The lowest BCUT2D eigenvalue weighted by Crippen LogP contribution is -2.41. The Hall–Kier alpha value is -2.44. The topological polar surface area (TPSA) is 78.9 Å². The quantitative estimate of drug-likeness (QED) is 0.536. The van der Waals surface area contributed by atoms with Crippen molar-refractivity contribution in [2.75, 3.05) is 13.2 Å². The van der Waals surface area contributed by atoms with Gasteiger partial charge in [0.05, 0.1) is 13.2 Å². The van der Waals surface area contributed by atoms with Crippen LogP contribution in [-0.2, 0) is 23.9 Å². The lowest BCUT2D eigenvalue weighted by molar-refractivity contribution is -0.165. The van der Waals surface area contributed by atoms with Crippen LogP contribution in [0.25, 0.3) is 0 Å². The minimum Gasteiger partial charge on any atom is -0.483 e. The van der Waals surface area contributed by atoms with Crippen molar-refractivity contribution in [1.29, 1.82) is 0 Å². The molecule has 0 saturated carbocycles. The molecule has 0 radical (unpaired) electrons. The van der Waals surface area contributed by atoms with E-state index in [1.165, 1.54) is 31.2 Å². The molecule has 0 aliphatic heterocycles. The third kappa shape index (κ3) is 5.36. The minimum atomic E-state index is -1.70. The molecule has 0 bridgehead atoms. The molecule has 0 heterocycles. The summed E-state index contributed by atoms with van der Waals surface area (Å²) < 4.78 is 27.7. The van der Waals surface area contributed by atoms with Crippen LogP contribution < -0.4 is 4.74 Å². The molecule has 6 nitrogen and oxygen atoms in total. The van der Waals surface area contributed by atoms with Crippen LogP contribution in [0.5, 0.6) is 5.75 Å². The van der Waals surface area contributed by atoms with E-state index in [4.69, 9.17) is 14.2 Å². The smallest absolute Gasteiger partial charge is 0.328 e. The molecular weight excluding hydrogens is 307 g/mol. The van der Waals surface area contributed by atoms with E-state index in [-0.39, 0.29) is 19.0 Å². The van der Waals surface area contributed by atoms with Crippen LogP contribution >= 0.6 is 0 Å². The SMILES string of the molecule is CCOC(=O)C(C(=O)OCC)C(=O)C(C)Oc1ccc(F)cc1. The molecule has 0 aliphatic rings. The van der Waals surface area contributed by atoms with Crippen LogP contribution in [0, 0.1) is 11.7 Å². The molecule has 0 aliphatic carbocycles. The van der Waals surface area contributed by atoms with Gasteiger partial charge in [-0.25, -0.2) is 4.39 Å². The fraction of sp³-hybridized carbons (Fsp3) is 0.438. The highest BCUT2D eigenvalue weighted by molar-refractivity contribution is 6.16. The van der Waals surface area contributed by atoms with Gasteiger partial charge in [0.25, 0.3) is 0 Å². The maximum atomic E-state index is 12.8. The first-order chi connectivity index (χ1) is 10.9. The van der Waals surface area contributed by atoms with Gasteiger partial charge < -0.3 is 14.2 Å². The zero-order valence-electron chi connectivity index (χ0n) is 13.2. The van der Waals surface area contributed by atoms with Crippen LogP contribution in [0.1, 0.15) is 20.8 Å². The van der Waals surface area contributed by atoms with Crippen molar-refractivity contribution in [2.45, 2.75) is 26.9 Å². The van der Waals surface area contributed by atoms with Crippen LogP contribution in [0.2, 0.25) is 0 Å². The zero-order chi connectivity index (χ0) is 17.4. The maximum Gasteiger partial charge on any atom is 0.328 e. The number of ketones is 1. The molecule has 7 heteroatoms. The standard InChI is InChI=1S/C16H19FO6/c1-4-21-15(19)13(16(20)22-5-2)14(18)10(3)23-12-8-6-11(17)7-9-12/h6-10,13H,4-5H2,1-3H3. The van der Waals surface area contributed by atoms with Crippen LogP contribution in [0.4, 0.5) is 4.39 Å². The van der Waals surface area contributed by atoms with E-state index in [0.29, 0.717) is 0 Å². The molecule has 1 aromatic rings. The molecule has 0 spiro atoms. The average molecular weight is 326 g/mol. The van der Waals surface area contributed by atoms with Gasteiger partial charge in [0, 0.05) is 0 Å². The number of carbonyl (C=O) groups is 3. The van der Waals surface area contributed by atoms with Gasteiger partial charge in [-0.15, -0.1) is 0 Å². The first-order valence-electron chi connectivity index (χ1n) is 7.19. The number of hydrogen-bond acceptors (Lipinski definition) is 6. The first kappa shape index (κ1) is 18.6. The van der Waals surface area contributed by atoms with Crippen molar-refractivity contribution >= 4 is 17.7 Å². The summed E-state index contributed by atoms with van der Waals surface area (Å²) in [5.74, 6) is -4.67. The predicted molar refractivity (Wildman–Crippen MR) is 78.3 cm³/mol. The fourth-order valence-corrected chi connectivity index (χ4v) is 1.79. The molecule has 1 rings (SSSR count). The Bertz CT molecular complexity index is 536. The lowest BCUT2D eigenvalue weighted by atomic mass is 10.0. The number of rotatable bonds is 8. The number of halogens is 1. The van der Waals surface area contributed by atoms with Gasteiger partial charge in [0.2, 0.25) is 5.92 Å². The number of Topliss-reactive ketones (excluding diaryl/α,β-unsaturated/α-hetero) is 1. The molecular formula is C16H19FO6. The number of benzene rings is 1. The van der Waals surface area contributed by atoms with Gasteiger partial charge in [0.15, 0.2) is 11.9 Å². The second-order valence-electron chi connectivity index (χ2n) is 4.55. The van der Waals surface area contributed by atoms with Gasteiger partial charge >= 0.3 is 11.9 Å². The van der Waals surface area contributed by atoms with Crippen LogP contribution in [-0.4, -0.2) is 37.0 Å². The summed E-state index contributed by atoms with van der Waals surface area (Å²) in [5.41, 5.74) is 0. The Kier molecular flexibility index (Phi) is 7.18. The molecule has 126 valence electrons. The van der Waals surface area contributed by atoms with E-state index >= 15 is 0 Å². The second-order valence-corrected chi connectivity index (χ2v) is 4.55. The summed E-state index contributed by atoms with van der Waals surface area (Å²) in [4.78, 5) is 36.1. The fourth-order valence-electron chi connectivity index (χ4n) is 1.79. The lowest BCUT2D eigenvalue weighted by Gasteiger charge is -2.18. The highest BCUT2D eigenvalue weighted by Crippen LogP contribution is 2.16. The van der Waals surface area contributed by atoms with Crippen molar-refractivity contribution in [2.24, 2.45) is 5.92 Å². The van der Waals surface area contributed by atoms with E-state index in [0.717, 1.165) is 0 Å². The van der Waals surface area contributed by atoms with Gasteiger partial charge in [0.1, 0.15) is 11.6 Å². The Morgan fingerprint density at radius 2 is 1.48 bits per heavy atom. The largest absolute Gasteiger partial charge is 0.483 e. The zero-order valence-corrected chi connectivity index (χ0v) is 13.2. The minimum absolute atomic E-state index is 0.0230. The van der Waals surface area contributed by atoms with Gasteiger partial charge in [-0.05, 0) is 45.0 Å². The predicted octanol–water partition coefficient (Wildman–Crippen LogP) is 1.90. The third-order valence-electron chi connectivity index (χ3n) is 2.86. The summed E-state index contributed by atoms with van der Waals surface area (Å²) >= 11 is 0. The summed E-state index contributed by atoms with van der Waals surface area (Å²) in [6.07, 6.45) is -1.11. The number of carbonyl (C=O) groups excluding carboxylic acids is 3. The molecule has 0 aromatic heterocycles. The molecule has 0 amide bonds. The summed E-state index contributed by atoms with van der Waals surface area (Å²) in [6, 6.07) is 5.01. The van der Waals surface area contributed by atoms with E-state index in [2.05, 4.69) is 0 Å². The van der Waals surface area contributed by atoms with Crippen molar-refractivity contribution in [1.82, 2.24) is 0 Å². The molecule has 1 atom stereocenters. The number of ether oxygens (including phenoxy) is 3. The Morgan fingerprint density at radius 3 is 1.91 bits per heavy atom. The first-order valence-corrected chi connectivity index (χ1v) is 7.19. The highest BCUT2D eigenvalue weighted by atomic mass is 19.1. The normalized spacial score (nSPS) is 11.7. The van der Waals surface area contributed by atoms with Crippen molar-refractivity contribution in [3.8, 4) is 5.75 Å².